The zero-order valence-corrected chi connectivity index (χ0v) is 17.0. The Bertz CT molecular complexity index is 940. The Hall–Kier alpha value is -2.92. The van der Waals surface area contributed by atoms with Crippen LogP contribution in [0.4, 0.5) is 0 Å². The van der Waals surface area contributed by atoms with Crippen LogP contribution in [0.1, 0.15) is 24.1 Å². The molecule has 1 saturated heterocycles. The van der Waals surface area contributed by atoms with E-state index in [1.54, 1.807) is 0 Å². The van der Waals surface area contributed by atoms with Gasteiger partial charge in [0.05, 0.1) is 5.69 Å². The van der Waals surface area contributed by atoms with Crippen LogP contribution in [0.15, 0.2) is 71.9 Å². The van der Waals surface area contributed by atoms with Crippen LogP contribution in [0.25, 0.3) is 10.8 Å². The predicted octanol–water partition coefficient (Wildman–Crippen LogP) is 3.56. The first-order valence-electron chi connectivity index (χ1n) is 10.4. The molecule has 2 N–H and O–H groups in total. The molecule has 1 aliphatic rings. The number of likely N-dealkylation sites (tertiary alicyclic amines) is 1. The van der Waals surface area contributed by atoms with Gasteiger partial charge in [-0.25, -0.2) is 0 Å². The second-order valence-electron chi connectivity index (χ2n) is 7.58. The van der Waals surface area contributed by atoms with Crippen LogP contribution in [0.3, 0.4) is 0 Å². The number of hydrogen-bond acceptors (Lipinski definition) is 3. The number of piperidine rings is 1. The summed E-state index contributed by atoms with van der Waals surface area (Å²) in [5.41, 5.74) is 2.43. The lowest BCUT2D eigenvalue weighted by Crippen LogP contribution is -2.48. The van der Waals surface area contributed by atoms with E-state index in [-0.39, 0.29) is 0 Å². The van der Waals surface area contributed by atoms with Crippen LogP contribution in [-0.2, 0) is 13.1 Å². The molecule has 2 heterocycles. The van der Waals surface area contributed by atoms with E-state index in [9.17, 15) is 0 Å². The molecule has 0 unspecified atom stereocenters. The molecule has 0 spiro atoms. The third-order valence-corrected chi connectivity index (χ3v) is 5.59. The van der Waals surface area contributed by atoms with Crippen molar-refractivity contribution in [2.45, 2.75) is 32.0 Å². The zero-order valence-electron chi connectivity index (χ0n) is 17.0. The van der Waals surface area contributed by atoms with Crippen LogP contribution in [0, 0.1) is 0 Å². The summed E-state index contributed by atoms with van der Waals surface area (Å²) in [4.78, 5) is 11.4. The van der Waals surface area contributed by atoms with Crippen molar-refractivity contribution in [1.82, 2.24) is 20.5 Å². The number of guanidine groups is 1. The standard InChI is InChI=1S/C24H29N5/c1-25-24(27-17-20-9-6-8-19-7-2-3-11-23(19)20)28-21-12-15-29(16-13-21)18-22-10-4-5-14-26-22/h2-11,14,21H,12-13,15-18H2,1H3,(H2,25,27,28). The predicted molar refractivity (Wildman–Crippen MR) is 120 cm³/mol. The summed E-state index contributed by atoms with van der Waals surface area (Å²) in [5.74, 6) is 0.876. The van der Waals surface area contributed by atoms with Crippen molar-refractivity contribution < 1.29 is 0 Å². The van der Waals surface area contributed by atoms with E-state index in [1.165, 1.54) is 16.3 Å². The zero-order chi connectivity index (χ0) is 19.9. The van der Waals surface area contributed by atoms with Crippen molar-refractivity contribution in [2.75, 3.05) is 20.1 Å². The van der Waals surface area contributed by atoms with E-state index >= 15 is 0 Å². The highest BCUT2D eigenvalue weighted by atomic mass is 15.2. The minimum Gasteiger partial charge on any atom is -0.354 e. The molecule has 1 aliphatic heterocycles. The van der Waals surface area contributed by atoms with E-state index in [4.69, 9.17) is 0 Å². The number of aliphatic imine (C=N–C) groups is 1. The van der Waals surface area contributed by atoms with Crippen LogP contribution in [0.5, 0.6) is 0 Å². The van der Waals surface area contributed by atoms with Gasteiger partial charge < -0.3 is 10.6 Å². The Morgan fingerprint density at radius 2 is 1.83 bits per heavy atom. The number of nitrogens with zero attached hydrogens (tertiary/aromatic N) is 3. The van der Waals surface area contributed by atoms with Crippen molar-refractivity contribution in [3.8, 4) is 0 Å². The van der Waals surface area contributed by atoms with Gasteiger partial charge in [0.1, 0.15) is 0 Å². The largest absolute Gasteiger partial charge is 0.354 e. The quantitative estimate of drug-likeness (QED) is 0.519. The monoisotopic (exact) mass is 387 g/mol. The molecule has 0 aliphatic carbocycles. The lowest BCUT2D eigenvalue weighted by atomic mass is 10.0. The highest BCUT2D eigenvalue weighted by Crippen LogP contribution is 2.18. The molecular formula is C24H29N5. The van der Waals surface area contributed by atoms with Gasteiger partial charge in [-0.3, -0.25) is 14.9 Å². The first-order valence-corrected chi connectivity index (χ1v) is 10.4. The molecule has 0 saturated carbocycles. The van der Waals surface area contributed by atoms with Gasteiger partial charge in [-0.15, -0.1) is 0 Å². The molecular weight excluding hydrogens is 358 g/mol. The topological polar surface area (TPSA) is 52.6 Å². The fraction of sp³-hybridized carbons (Fsp3) is 0.333. The molecule has 0 atom stereocenters. The van der Waals surface area contributed by atoms with Crippen LogP contribution < -0.4 is 10.6 Å². The van der Waals surface area contributed by atoms with E-state index in [1.807, 2.05) is 19.3 Å². The summed E-state index contributed by atoms with van der Waals surface area (Å²) < 4.78 is 0. The van der Waals surface area contributed by atoms with Crippen molar-refractivity contribution >= 4 is 16.7 Å². The van der Waals surface area contributed by atoms with E-state index in [0.29, 0.717) is 6.04 Å². The van der Waals surface area contributed by atoms with Crippen molar-refractivity contribution in [2.24, 2.45) is 4.99 Å². The molecule has 1 fully saturated rings. The number of nitrogens with one attached hydrogen (secondary N) is 2. The second-order valence-corrected chi connectivity index (χ2v) is 7.58. The molecule has 4 rings (SSSR count). The van der Waals surface area contributed by atoms with Gasteiger partial charge in [0.2, 0.25) is 0 Å². The lowest BCUT2D eigenvalue weighted by Gasteiger charge is -2.32. The molecule has 0 bridgehead atoms. The third-order valence-electron chi connectivity index (χ3n) is 5.59. The van der Waals surface area contributed by atoms with Crippen LogP contribution in [-0.4, -0.2) is 42.0 Å². The normalized spacial score (nSPS) is 16.1. The molecule has 29 heavy (non-hydrogen) atoms. The molecule has 5 heteroatoms. The number of hydrogen-bond donors (Lipinski definition) is 2. The number of rotatable bonds is 5. The highest BCUT2D eigenvalue weighted by molar-refractivity contribution is 5.86. The average molecular weight is 388 g/mol. The Kier molecular flexibility index (Phi) is 6.37. The number of pyridine rings is 1. The minimum absolute atomic E-state index is 0.453. The smallest absolute Gasteiger partial charge is 0.191 e. The van der Waals surface area contributed by atoms with Gasteiger partial charge in [-0.2, -0.15) is 0 Å². The van der Waals surface area contributed by atoms with Crippen molar-refractivity contribution in [3.05, 3.63) is 78.1 Å². The Balaban J connectivity index is 1.28. The van der Waals surface area contributed by atoms with Gasteiger partial charge in [0.25, 0.3) is 0 Å². The lowest BCUT2D eigenvalue weighted by molar-refractivity contribution is 0.196. The maximum Gasteiger partial charge on any atom is 0.191 e. The summed E-state index contributed by atoms with van der Waals surface area (Å²) in [7, 11) is 1.84. The van der Waals surface area contributed by atoms with Gasteiger partial charge in [0.15, 0.2) is 5.96 Å². The van der Waals surface area contributed by atoms with E-state index in [2.05, 4.69) is 80.1 Å². The van der Waals surface area contributed by atoms with Crippen LogP contribution >= 0.6 is 0 Å². The minimum atomic E-state index is 0.453. The molecule has 150 valence electrons. The maximum atomic E-state index is 4.44. The van der Waals surface area contributed by atoms with Crippen molar-refractivity contribution in [3.63, 3.8) is 0 Å². The number of aromatic nitrogens is 1. The summed E-state index contributed by atoms with van der Waals surface area (Å²) in [6, 6.07) is 21.6. The van der Waals surface area contributed by atoms with Gasteiger partial charge in [0, 0.05) is 45.5 Å². The molecule has 2 aromatic carbocycles. The molecule has 0 amide bonds. The Labute approximate surface area is 172 Å². The summed E-state index contributed by atoms with van der Waals surface area (Å²) in [6.07, 6.45) is 4.10. The Morgan fingerprint density at radius 1 is 1.03 bits per heavy atom. The van der Waals surface area contributed by atoms with Crippen LogP contribution in [0.2, 0.25) is 0 Å². The molecule has 5 nitrogen and oxygen atoms in total. The van der Waals surface area contributed by atoms with Gasteiger partial charge in [-0.05, 0) is 41.3 Å². The summed E-state index contributed by atoms with van der Waals surface area (Å²) in [5, 5.41) is 9.66. The second kappa shape index (κ2) is 9.52. The summed E-state index contributed by atoms with van der Waals surface area (Å²) in [6.45, 7) is 3.85. The van der Waals surface area contributed by atoms with E-state index in [0.717, 1.165) is 50.7 Å². The van der Waals surface area contributed by atoms with Gasteiger partial charge >= 0.3 is 0 Å². The summed E-state index contributed by atoms with van der Waals surface area (Å²) >= 11 is 0. The number of fused-ring (bicyclic) bond motifs is 1. The first-order chi connectivity index (χ1) is 14.3. The van der Waals surface area contributed by atoms with Gasteiger partial charge in [-0.1, -0.05) is 48.5 Å². The highest BCUT2D eigenvalue weighted by Gasteiger charge is 2.20. The molecule has 1 aromatic heterocycles. The average Bonchev–Trinajstić information content (AvgIpc) is 2.78. The SMILES string of the molecule is CN=C(NCc1cccc2ccccc12)NC1CCN(Cc2ccccn2)CC1. The molecule has 0 radical (unpaired) electrons. The van der Waals surface area contributed by atoms with Crippen molar-refractivity contribution in [1.29, 1.82) is 0 Å². The number of benzene rings is 2. The third kappa shape index (κ3) is 5.12. The fourth-order valence-electron chi connectivity index (χ4n) is 3.97. The fourth-order valence-corrected chi connectivity index (χ4v) is 3.97. The Morgan fingerprint density at radius 3 is 2.62 bits per heavy atom. The van der Waals surface area contributed by atoms with E-state index < -0.39 is 0 Å². The maximum absolute atomic E-state index is 4.44. The first kappa shape index (κ1) is 19.4. The molecule has 3 aromatic rings.